The van der Waals surface area contributed by atoms with Gasteiger partial charge in [-0.15, -0.1) is 11.8 Å². The van der Waals surface area contributed by atoms with Crippen LogP contribution in [0.4, 0.5) is 13.2 Å². The molecular formula is C19H13F3NO2S-. The Morgan fingerprint density at radius 1 is 1.15 bits per heavy atom. The minimum Gasteiger partial charge on any atom is -0.545 e. The highest BCUT2D eigenvalue weighted by Gasteiger charge is 2.30. The summed E-state index contributed by atoms with van der Waals surface area (Å²) in [6.07, 6.45) is -2.63. The molecule has 0 unspecified atom stereocenters. The average molecular weight is 376 g/mol. The summed E-state index contributed by atoms with van der Waals surface area (Å²) in [5.41, 5.74) is 0.194. The number of carboxylic acids is 1. The molecule has 1 aromatic heterocycles. The number of pyridine rings is 1. The van der Waals surface area contributed by atoms with Gasteiger partial charge >= 0.3 is 6.18 Å². The fourth-order valence-corrected chi connectivity index (χ4v) is 3.29. The normalized spacial score (nSPS) is 11.7. The van der Waals surface area contributed by atoms with Crippen LogP contribution in [0.25, 0.3) is 22.2 Å². The van der Waals surface area contributed by atoms with Crippen LogP contribution in [-0.2, 0) is 6.18 Å². The Morgan fingerprint density at radius 3 is 2.50 bits per heavy atom. The van der Waals surface area contributed by atoms with Crippen molar-refractivity contribution in [1.29, 1.82) is 0 Å². The lowest BCUT2D eigenvalue weighted by Crippen LogP contribution is -2.24. The predicted molar refractivity (Wildman–Crippen MR) is 93.0 cm³/mol. The van der Waals surface area contributed by atoms with E-state index in [2.05, 4.69) is 4.98 Å². The number of benzene rings is 2. The predicted octanol–water partition coefficient (Wildman–Crippen LogP) is 4.31. The van der Waals surface area contributed by atoms with Crippen molar-refractivity contribution in [2.75, 3.05) is 6.26 Å². The summed E-state index contributed by atoms with van der Waals surface area (Å²) in [5, 5.41) is 12.1. The van der Waals surface area contributed by atoms with E-state index < -0.39 is 17.7 Å². The van der Waals surface area contributed by atoms with Crippen molar-refractivity contribution in [3.8, 4) is 11.3 Å². The maximum atomic E-state index is 13.0. The van der Waals surface area contributed by atoms with E-state index in [1.807, 2.05) is 6.26 Å². The van der Waals surface area contributed by atoms with Gasteiger partial charge in [0.05, 0.1) is 22.7 Å². The van der Waals surface area contributed by atoms with Crippen molar-refractivity contribution in [2.45, 2.75) is 18.0 Å². The summed E-state index contributed by atoms with van der Waals surface area (Å²) in [7, 11) is 0. The molecule has 0 saturated carbocycles. The topological polar surface area (TPSA) is 53.0 Å². The number of carbonyl (C=O) groups excluding carboxylic acids is 1. The van der Waals surface area contributed by atoms with E-state index in [1.165, 1.54) is 30.8 Å². The number of rotatable bonds is 3. The minimum atomic E-state index is -4.50. The molecule has 0 radical (unpaired) electrons. The van der Waals surface area contributed by atoms with E-state index in [9.17, 15) is 23.1 Å². The largest absolute Gasteiger partial charge is 0.545 e. The molecule has 0 aliphatic carbocycles. The minimum absolute atomic E-state index is 0.0601. The Kier molecular flexibility index (Phi) is 4.66. The van der Waals surface area contributed by atoms with E-state index in [-0.39, 0.29) is 22.4 Å². The first kappa shape index (κ1) is 18.3. The van der Waals surface area contributed by atoms with Gasteiger partial charge in [-0.3, -0.25) is 0 Å². The monoisotopic (exact) mass is 376 g/mol. The zero-order valence-corrected chi connectivity index (χ0v) is 14.7. The molecule has 0 amide bonds. The third-order valence-electron chi connectivity index (χ3n) is 4.10. The van der Waals surface area contributed by atoms with Gasteiger partial charge in [0.25, 0.3) is 0 Å². The van der Waals surface area contributed by atoms with Gasteiger partial charge in [0.1, 0.15) is 0 Å². The number of hydrogen-bond acceptors (Lipinski definition) is 4. The smallest absolute Gasteiger partial charge is 0.416 e. The Balaban J connectivity index is 2.33. The van der Waals surface area contributed by atoms with E-state index >= 15 is 0 Å². The molecule has 3 nitrogen and oxygen atoms in total. The zero-order chi connectivity index (χ0) is 19.1. The second-order valence-corrected chi connectivity index (χ2v) is 6.59. The molecule has 3 rings (SSSR count). The van der Waals surface area contributed by atoms with E-state index in [0.717, 1.165) is 17.0 Å². The van der Waals surface area contributed by atoms with Crippen LogP contribution in [0.1, 0.15) is 21.5 Å². The molecule has 0 N–H and O–H groups in total. The lowest BCUT2D eigenvalue weighted by atomic mass is 9.97. The molecule has 0 spiro atoms. The molecule has 0 bridgehead atoms. The standard InChI is InChI=1S/C19H14F3NO2S/c1-10-16(18(24)25)14-7-6-13(26-2)9-15(14)23-17(10)11-4-3-5-12(8-11)19(20,21)22/h3-9H,1-2H3,(H,24,25)/p-1. The van der Waals surface area contributed by atoms with Crippen LogP contribution in [0.5, 0.6) is 0 Å². The van der Waals surface area contributed by atoms with Crippen LogP contribution in [0.3, 0.4) is 0 Å². The maximum absolute atomic E-state index is 13.0. The number of aromatic carboxylic acids is 1. The molecule has 134 valence electrons. The average Bonchev–Trinajstić information content (AvgIpc) is 2.59. The fraction of sp³-hybridized carbons (Fsp3) is 0.158. The van der Waals surface area contributed by atoms with Crippen LogP contribution in [-0.4, -0.2) is 17.2 Å². The second kappa shape index (κ2) is 6.64. The van der Waals surface area contributed by atoms with Crippen molar-refractivity contribution >= 4 is 28.6 Å². The Bertz CT molecular complexity index is 1020. The third kappa shape index (κ3) is 3.26. The number of nitrogens with zero attached hydrogens (tertiary/aromatic N) is 1. The number of fused-ring (bicyclic) bond motifs is 1. The summed E-state index contributed by atoms with van der Waals surface area (Å²) in [6, 6.07) is 9.81. The van der Waals surface area contributed by atoms with Gasteiger partial charge in [-0.2, -0.15) is 13.2 Å². The van der Waals surface area contributed by atoms with Gasteiger partial charge in [0.15, 0.2) is 0 Å². The highest BCUT2D eigenvalue weighted by Crippen LogP contribution is 2.35. The molecule has 26 heavy (non-hydrogen) atoms. The third-order valence-corrected chi connectivity index (χ3v) is 4.83. The number of carboxylic acid groups (broad SMARTS) is 1. The van der Waals surface area contributed by atoms with Crippen molar-refractivity contribution in [3.05, 3.63) is 59.2 Å². The summed E-state index contributed by atoms with van der Waals surface area (Å²) >= 11 is 1.46. The van der Waals surface area contributed by atoms with Gasteiger partial charge in [0.2, 0.25) is 0 Å². The van der Waals surface area contributed by atoms with Gasteiger partial charge in [-0.05, 0) is 43.0 Å². The van der Waals surface area contributed by atoms with Gasteiger partial charge in [-0.1, -0.05) is 18.2 Å². The first-order valence-corrected chi connectivity index (χ1v) is 8.82. The van der Waals surface area contributed by atoms with E-state index in [4.69, 9.17) is 0 Å². The van der Waals surface area contributed by atoms with Crippen molar-refractivity contribution in [3.63, 3.8) is 0 Å². The first-order chi connectivity index (χ1) is 12.2. The molecule has 0 saturated heterocycles. The van der Waals surface area contributed by atoms with E-state index in [1.54, 1.807) is 18.2 Å². The number of halogens is 3. The highest BCUT2D eigenvalue weighted by molar-refractivity contribution is 7.98. The van der Waals surface area contributed by atoms with Crippen LogP contribution < -0.4 is 5.11 Å². The van der Waals surface area contributed by atoms with E-state index in [0.29, 0.717) is 10.9 Å². The fourth-order valence-electron chi connectivity index (χ4n) is 2.85. The zero-order valence-electron chi connectivity index (χ0n) is 13.8. The molecule has 0 atom stereocenters. The maximum Gasteiger partial charge on any atom is 0.416 e. The number of hydrogen-bond donors (Lipinski definition) is 0. The first-order valence-electron chi connectivity index (χ1n) is 7.59. The van der Waals surface area contributed by atoms with Crippen LogP contribution in [0.15, 0.2) is 47.4 Å². The lowest BCUT2D eigenvalue weighted by Gasteiger charge is -2.16. The molecule has 0 aliphatic rings. The van der Waals surface area contributed by atoms with Gasteiger partial charge < -0.3 is 9.90 Å². The Labute approximate surface area is 151 Å². The summed E-state index contributed by atoms with van der Waals surface area (Å²) in [6.45, 7) is 1.52. The van der Waals surface area contributed by atoms with Gasteiger partial charge in [-0.25, -0.2) is 4.98 Å². The number of thioether (sulfide) groups is 1. The molecule has 0 aliphatic heterocycles. The number of alkyl halides is 3. The molecular weight excluding hydrogens is 363 g/mol. The SMILES string of the molecule is CSc1ccc2c(C(=O)[O-])c(C)c(-c3cccc(C(F)(F)F)c3)nc2c1. The van der Waals surface area contributed by atoms with Gasteiger partial charge in [0, 0.05) is 21.4 Å². The number of carbonyl (C=O) groups is 1. The summed E-state index contributed by atoms with van der Waals surface area (Å²) < 4.78 is 39.0. The van der Waals surface area contributed by atoms with Crippen LogP contribution >= 0.6 is 11.8 Å². The molecule has 2 aromatic carbocycles. The Hall–Kier alpha value is -2.54. The Morgan fingerprint density at radius 2 is 1.88 bits per heavy atom. The molecule has 7 heteroatoms. The lowest BCUT2D eigenvalue weighted by molar-refractivity contribution is -0.254. The quantitative estimate of drug-likeness (QED) is 0.639. The summed E-state index contributed by atoms with van der Waals surface area (Å²) in [5.74, 6) is -1.39. The summed E-state index contributed by atoms with van der Waals surface area (Å²) in [4.78, 5) is 17.0. The van der Waals surface area contributed by atoms with Crippen molar-refractivity contribution in [1.82, 2.24) is 4.98 Å². The molecule has 1 heterocycles. The second-order valence-electron chi connectivity index (χ2n) is 5.71. The highest BCUT2D eigenvalue weighted by atomic mass is 32.2. The van der Waals surface area contributed by atoms with Crippen LogP contribution in [0, 0.1) is 6.92 Å². The van der Waals surface area contributed by atoms with Crippen LogP contribution in [0.2, 0.25) is 0 Å². The number of aromatic nitrogens is 1. The molecule has 3 aromatic rings. The van der Waals surface area contributed by atoms with Crippen molar-refractivity contribution < 1.29 is 23.1 Å². The van der Waals surface area contributed by atoms with Crippen molar-refractivity contribution in [2.24, 2.45) is 0 Å². The molecule has 0 fully saturated rings.